The first kappa shape index (κ1) is 10.9. The standard InChI is InChI=1S/C12H18O2Si/c1-15(13,11-7-3-2-4-8-11)12-9-5-6-10-14-12/h2-4,7-8,12-13H,5-6,9-10H2,1H3. The fourth-order valence-corrected chi connectivity index (χ4v) is 4.59. The first-order chi connectivity index (χ1) is 7.21. The van der Waals surface area contributed by atoms with Gasteiger partial charge in [-0.05, 0) is 31.0 Å². The van der Waals surface area contributed by atoms with Gasteiger partial charge in [0.15, 0.2) is 0 Å². The van der Waals surface area contributed by atoms with E-state index in [4.69, 9.17) is 4.74 Å². The summed E-state index contributed by atoms with van der Waals surface area (Å²) in [6.45, 7) is 2.79. The number of hydrogen-bond donors (Lipinski definition) is 1. The highest BCUT2D eigenvalue weighted by Crippen LogP contribution is 2.20. The van der Waals surface area contributed by atoms with E-state index in [9.17, 15) is 4.80 Å². The van der Waals surface area contributed by atoms with Crippen LogP contribution in [-0.4, -0.2) is 25.4 Å². The average Bonchev–Trinajstić information content (AvgIpc) is 2.31. The van der Waals surface area contributed by atoms with Crippen LogP contribution in [0.5, 0.6) is 0 Å². The van der Waals surface area contributed by atoms with E-state index >= 15 is 0 Å². The Morgan fingerprint density at radius 3 is 2.60 bits per heavy atom. The molecular formula is C12H18O2Si. The van der Waals surface area contributed by atoms with Gasteiger partial charge in [0, 0.05) is 6.61 Å². The molecule has 1 aromatic carbocycles. The van der Waals surface area contributed by atoms with Crippen molar-refractivity contribution in [1.29, 1.82) is 0 Å². The monoisotopic (exact) mass is 222 g/mol. The van der Waals surface area contributed by atoms with E-state index in [1.165, 1.54) is 6.42 Å². The lowest BCUT2D eigenvalue weighted by Crippen LogP contribution is -2.57. The molecule has 0 radical (unpaired) electrons. The molecule has 0 amide bonds. The van der Waals surface area contributed by atoms with Crippen LogP contribution < -0.4 is 5.19 Å². The van der Waals surface area contributed by atoms with Crippen LogP contribution in [0, 0.1) is 0 Å². The molecule has 82 valence electrons. The van der Waals surface area contributed by atoms with Crippen molar-refractivity contribution < 1.29 is 9.53 Å². The Morgan fingerprint density at radius 1 is 1.27 bits per heavy atom. The predicted molar refractivity (Wildman–Crippen MR) is 63.5 cm³/mol. The third-order valence-corrected chi connectivity index (χ3v) is 6.38. The average molecular weight is 222 g/mol. The van der Waals surface area contributed by atoms with Crippen molar-refractivity contribution in [2.45, 2.75) is 31.5 Å². The minimum absolute atomic E-state index is 0.0775. The van der Waals surface area contributed by atoms with Gasteiger partial charge in [0.25, 0.3) is 0 Å². The lowest BCUT2D eigenvalue weighted by Gasteiger charge is -2.33. The molecule has 0 aromatic heterocycles. The summed E-state index contributed by atoms with van der Waals surface area (Å²) < 4.78 is 5.71. The van der Waals surface area contributed by atoms with Crippen molar-refractivity contribution in [1.82, 2.24) is 0 Å². The van der Waals surface area contributed by atoms with Crippen molar-refractivity contribution in [2.24, 2.45) is 0 Å². The molecule has 15 heavy (non-hydrogen) atoms. The number of hydrogen-bond acceptors (Lipinski definition) is 2. The lowest BCUT2D eigenvalue weighted by molar-refractivity contribution is 0.0525. The van der Waals surface area contributed by atoms with Gasteiger partial charge in [0.1, 0.15) is 0 Å². The van der Waals surface area contributed by atoms with Gasteiger partial charge < -0.3 is 9.53 Å². The van der Waals surface area contributed by atoms with Crippen LogP contribution in [0.15, 0.2) is 30.3 Å². The van der Waals surface area contributed by atoms with E-state index in [0.29, 0.717) is 0 Å². The van der Waals surface area contributed by atoms with Gasteiger partial charge >= 0.3 is 0 Å². The Morgan fingerprint density at radius 2 is 2.00 bits per heavy atom. The Balaban J connectivity index is 2.18. The van der Waals surface area contributed by atoms with Crippen LogP contribution in [0.1, 0.15) is 19.3 Å². The van der Waals surface area contributed by atoms with Crippen LogP contribution >= 0.6 is 0 Å². The van der Waals surface area contributed by atoms with E-state index in [-0.39, 0.29) is 5.73 Å². The summed E-state index contributed by atoms with van der Waals surface area (Å²) in [5, 5.41) is 1.08. The molecule has 1 fully saturated rings. The predicted octanol–water partition coefficient (Wildman–Crippen LogP) is 1.57. The molecule has 1 aliphatic heterocycles. The van der Waals surface area contributed by atoms with Crippen LogP contribution in [0.2, 0.25) is 6.55 Å². The van der Waals surface area contributed by atoms with Crippen LogP contribution in [-0.2, 0) is 4.74 Å². The third-order valence-electron chi connectivity index (χ3n) is 3.16. The summed E-state index contributed by atoms with van der Waals surface area (Å²) in [6.07, 6.45) is 3.32. The third kappa shape index (κ3) is 2.30. The minimum atomic E-state index is -2.40. The largest absolute Gasteiger partial charge is 0.426 e. The number of ether oxygens (including phenoxy) is 1. The maximum absolute atomic E-state index is 10.6. The second-order valence-electron chi connectivity index (χ2n) is 4.37. The van der Waals surface area contributed by atoms with Crippen molar-refractivity contribution in [3.63, 3.8) is 0 Å². The van der Waals surface area contributed by atoms with Crippen molar-refractivity contribution >= 4 is 13.5 Å². The molecule has 1 aromatic rings. The van der Waals surface area contributed by atoms with Gasteiger partial charge in [-0.2, -0.15) is 0 Å². The number of rotatable bonds is 2. The molecule has 2 atom stereocenters. The topological polar surface area (TPSA) is 29.5 Å². The summed E-state index contributed by atoms with van der Waals surface area (Å²) in [4.78, 5) is 10.6. The highest BCUT2D eigenvalue weighted by molar-refractivity contribution is 6.85. The van der Waals surface area contributed by atoms with Crippen LogP contribution in [0.25, 0.3) is 0 Å². The van der Waals surface area contributed by atoms with E-state index in [1.54, 1.807) is 0 Å². The maximum Gasteiger partial charge on any atom is 0.245 e. The number of benzene rings is 1. The SMILES string of the molecule is C[Si](O)(c1ccccc1)C1CCCCO1. The van der Waals surface area contributed by atoms with E-state index < -0.39 is 8.32 Å². The summed E-state index contributed by atoms with van der Waals surface area (Å²) >= 11 is 0. The van der Waals surface area contributed by atoms with Crippen molar-refractivity contribution in [2.75, 3.05) is 6.61 Å². The Kier molecular flexibility index (Phi) is 3.24. The van der Waals surface area contributed by atoms with E-state index in [1.807, 2.05) is 36.9 Å². The molecule has 3 heteroatoms. The first-order valence-corrected chi connectivity index (χ1v) is 8.13. The summed E-state index contributed by atoms with van der Waals surface area (Å²) in [6, 6.07) is 9.99. The zero-order chi connectivity index (χ0) is 10.7. The minimum Gasteiger partial charge on any atom is -0.426 e. The fraction of sp³-hybridized carbons (Fsp3) is 0.500. The molecule has 0 spiro atoms. The first-order valence-electron chi connectivity index (χ1n) is 5.61. The van der Waals surface area contributed by atoms with Crippen molar-refractivity contribution in [3.8, 4) is 0 Å². The highest BCUT2D eigenvalue weighted by Gasteiger charge is 2.38. The Hall–Kier alpha value is -0.643. The normalized spacial score (nSPS) is 25.9. The second-order valence-corrected chi connectivity index (χ2v) is 7.89. The van der Waals surface area contributed by atoms with Crippen LogP contribution in [0.3, 0.4) is 0 Å². The van der Waals surface area contributed by atoms with Crippen molar-refractivity contribution in [3.05, 3.63) is 30.3 Å². The highest BCUT2D eigenvalue weighted by atomic mass is 28.4. The molecule has 0 saturated carbocycles. The molecule has 2 unspecified atom stereocenters. The lowest BCUT2D eigenvalue weighted by atomic mass is 10.2. The molecule has 0 aliphatic carbocycles. The molecular weight excluding hydrogens is 204 g/mol. The second kappa shape index (κ2) is 4.47. The molecule has 0 bridgehead atoms. The Labute approximate surface area is 92.0 Å². The van der Waals surface area contributed by atoms with Gasteiger partial charge in [0.05, 0.1) is 5.73 Å². The summed E-state index contributed by atoms with van der Waals surface area (Å²) in [7, 11) is -2.40. The van der Waals surface area contributed by atoms with Gasteiger partial charge in [-0.25, -0.2) is 0 Å². The van der Waals surface area contributed by atoms with E-state index in [0.717, 1.165) is 24.6 Å². The van der Waals surface area contributed by atoms with Gasteiger partial charge in [-0.3, -0.25) is 0 Å². The molecule has 1 saturated heterocycles. The van der Waals surface area contributed by atoms with E-state index in [2.05, 4.69) is 0 Å². The molecule has 1 N–H and O–H groups in total. The molecule has 2 nitrogen and oxygen atoms in total. The van der Waals surface area contributed by atoms with Gasteiger partial charge in [-0.15, -0.1) is 0 Å². The Bertz CT molecular complexity index is 305. The quantitative estimate of drug-likeness (QED) is 0.770. The summed E-state index contributed by atoms with van der Waals surface area (Å²) in [5.41, 5.74) is 0.0775. The van der Waals surface area contributed by atoms with Gasteiger partial charge in [0.2, 0.25) is 8.32 Å². The molecule has 1 heterocycles. The van der Waals surface area contributed by atoms with Gasteiger partial charge in [-0.1, -0.05) is 30.3 Å². The zero-order valence-electron chi connectivity index (χ0n) is 9.15. The molecule has 2 rings (SSSR count). The summed E-state index contributed by atoms with van der Waals surface area (Å²) in [5.74, 6) is 0. The molecule has 1 aliphatic rings. The zero-order valence-corrected chi connectivity index (χ0v) is 10.1. The maximum atomic E-state index is 10.6. The van der Waals surface area contributed by atoms with Crippen LogP contribution in [0.4, 0.5) is 0 Å². The smallest absolute Gasteiger partial charge is 0.245 e. The fourth-order valence-electron chi connectivity index (χ4n) is 2.15.